The lowest BCUT2D eigenvalue weighted by Crippen LogP contribution is -2.41. The second kappa shape index (κ2) is 10.1. The molecule has 3 heterocycles. The van der Waals surface area contributed by atoms with Gasteiger partial charge in [-0.1, -0.05) is 5.16 Å². The van der Waals surface area contributed by atoms with Crippen molar-refractivity contribution in [3.63, 3.8) is 0 Å². The van der Waals surface area contributed by atoms with Gasteiger partial charge in [0.25, 0.3) is 5.71 Å². The lowest BCUT2D eigenvalue weighted by molar-refractivity contribution is -0.120. The Morgan fingerprint density at radius 1 is 1.14 bits per heavy atom. The molecular formula is C26H24FN5O4. The van der Waals surface area contributed by atoms with E-state index in [-0.39, 0.29) is 17.6 Å². The van der Waals surface area contributed by atoms with Gasteiger partial charge in [0, 0.05) is 24.3 Å². The van der Waals surface area contributed by atoms with Crippen molar-refractivity contribution in [3.8, 4) is 11.3 Å². The number of piperidine rings is 1. The highest BCUT2D eigenvalue weighted by Gasteiger charge is 2.29. The molecule has 1 saturated heterocycles. The number of carbonyl (C=O) groups is 2. The number of carbonyl (C=O) groups excluding carboxylic acids is 2. The van der Waals surface area contributed by atoms with E-state index >= 15 is 0 Å². The van der Waals surface area contributed by atoms with Gasteiger partial charge in [-0.3, -0.25) is 4.79 Å². The fourth-order valence-electron chi connectivity index (χ4n) is 4.35. The van der Waals surface area contributed by atoms with E-state index in [1.54, 1.807) is 43.3 Å². The number of amides is 1. The molecule has 0 aliphatic carbocycles. The van der Waals surface area contributed by atoms with Crippen molar-refractivity contribution in [2.24, 2.45) is 5.92 Å². The summed E-state index contributed by atoms with van der Waals surface area (Å²) in [6, 6.07) is 12.6. The van der Waals surface area contributed by atoms with Gasteiger partial charge in [0.05, 0.1) is 18.1 Å². The second-order valence-corrected chi connectivity index (χ2v) is 8.49. The van der Waals surface area contributed by atoms with Crippen molar-refractivity contribution in [2.45, 2.75) is 19.8 Å². The summed E-state index contributed by atoms with van der Waals surface area (Å²) < 4.78 is 23.9. The third-order valence-corrected chi connectivity index (χ3v) is 6.13. The van der Waals surface area contributed by atoms with E-state index in [2.05, 4.69) is 20.4 Å². The van der Waals surface area contributed by atoms with Gasteiger partial charge in [-0.2, -0.15) is 4.98 Å². The smallest absolute Gasteiger partial charge is 0.338 e. The zero-order chi connectivity index (χ0) is 25.1. The highest BCUT2D eigenvalue weighted by molar-refractivity contribution is 5.98. The number of esters is 1. The van der Waals surface area contributed by atoms with Gasteiger partial charge in [-0.05, 0) is 68.3 Å². The standard InChI is InChI=1S/C26H24FN5O4/c1-2-35-26(34)17-7-11-20(12-8-17)30-24(33)18-4-3-13-32(14-18)23-21-22(16-5-9-19(27)10-6-16)31-36-25(21)29-15-28-23/h5-12,15,18H,2-4,13-14H2,1H3,(H,30,33)/t18-/m0/s1. The van der Waals surface area contributed by atoms with E-state index in [0.29, 0.717) is 59.1 Å². The molecule has 0 saturated carbocycles. The minimum absolute atomic E-state index is 0.113. The van der Waals surface area contributed by atoms with Crippen LogP contribution in [0, 0.1) is 11.7 Å². The third kappa shape index (κ3) is 4.74. The molecule has 184 valence electrons. The number of hydrogen-bond donors (Lipinski definition) is 1. The monoisotopic (exact) mass is 489 g/mol. The summed E-state index contributed by atoms with van der Waals surface area (Å²) >= 11 is 0. The van der Waals surface area contributed by atoms with Crippen LogP contribution in [0.5, 0.6) is 0 Å². The highest BCUT2D eigenvalue weighted by Crippen LogP contribution is 2.35. The van der Waals surface area contributed by atoms with Crippen LogP contribution >= 0.6 is 0 Å². The molecule has 1 aliphatic heterocycles. The van der Waals surface area contributed by atoms with Crippen LogP contribution in [0.2, 0.25) is 0 Å². The molecule has 5 rings (SSSR count). The fraction of sp³-hybridized carbons (Fsp3) is 0.269. The lowest BCUT2D eigenvalue weighted by atomic mass is 9.96. The zero-order valence-electron chi connectivity index (χ0n) is 19.6. The van der Waals surface area contributed by atoms with E-state index < -0.39 is 5.97 Å². The summed E-state index contributed by atoms with van der Waals surface area (Å²) in [5.74, 6) is -0.510. The molecule has 36 heavy (non-hydrogen) atoms. The first-order chi connectivity index (χ1) is 17.5. The largest absolute Gasteiger partial charge is 0.462 e. The Kier molecular flexibility index (Phi) is 6.57. The van der Waals surface area contributed by atoms with Gasteiger partial charge in [-0.15, -0.1) is 0 Å². The topological polar surface area (TPSA) is 110 Å². The van der Waals surface area contributed by atoms with Crippen molar-refractivity contribution >= 4 is 34.5 Å². The Hall–Kier alpha value is -4.34. The summed E-state index contributed by atoms with van der Waals surface area (Å²) in [6.45, 7) is 3.21. The number of aromatic nitrogens is 3. The van der Waals surface area contributed by atoms with E-state index in [4.69, 9.17) is 9.26 Å². The minimum atomic E-state index is -0.400. The van der Waals surface area contributed by atoms with Crippen LogP contribution in [0.25, 0.3) is 22.4 Å². The molecule has 1 N–H and O–H groups in total. The van der Waals surface area contributed by atoms with Gasteiger partial charge in [0.2, 0.25) is 5.91 Å². The molecule has 2 aromatic carbocycles. The van der Waals surface area contributed by atoms with Crippen molar-refractivity contribution in [1.29, 1.82) is 0 Å². The maximum atomic E-state index is 13.4. The first-order valence-corrected chi connectivity index (χ1v) is 11.7. The number of nitrogens with one attached hydrogen (secondary N) is 1. The Bertz CT molecular complexity index is 1390. The van der Waals surface area contributed by atoms with Crippen molar-refractivity contribution < 1.29 is 23.2 Å². The van der Waals surface area contributed by atoms with Crippen LogP contribution in [0.15, 0.2) is 59.4 Å². The van der Waals surface area contributed by atoms with Gasteiger partial charge in [-0.25, -0.2) is 14.2 Å². The van der Waals surface area contributed by atoms with Gasteiger partial charge in [0.15, 0.2) is 0 Å². The van der Waals surface area contributed by atoms with Crippen molar-refractivity contribution in [3.05, 3.63) is 66.2 Å². The summed E-state index contributed by atoms with van der Waals surface area (Å²) in [7, 11) is 0. The number of fused-ring (bicyclic) bond motifs is 1. The number of hydrogen-bond acceptors (Lipinski definition) is 8. The molecule has 1 aliphatic rings. The molecule has 9 nitrogen and oxygen atoms in total. The maximum Gasteiger partial charge on any atom is 0.338 e. The molecule has 0 unspecified atom stereocenters. The number of benzene rings is 2. The van der Waals surface area contributed by atoms with Crippen LogP contribution < -0.4 is 10.2 Å². The summed E-state index contributed by atoms with van der Waals surface area (Å²) in [5, 5.41) is 7.72. The van der Waals surface area contributed by atoms with Gasteiger partial charge in [0.1, 0.15) is 29.0 Å². The van der Waals surface area contributed by atoms with Crippen LogP contribution in [-0.2, 0) is 9.53 Å². The summed E-state index contributed by atoms with van der Waals surface area (Å²) in [5.41, 5.74) is 2.56. The molecule has 1 fully saturated rings. The molecule has 10 heteroatoms. The quantitative estimate of drug-likeness (QED) is 0.396. The highest BCUT2D eigenvalue weighted by atomic mass is 19.1. The fourth-order valence-corrected chi connectivity index (χ4v) is 4.35. The number of nitrogens with zero attached hydrogens (tertiary/aromatic N) is 4. The Morgan fingerprint density at radius 3 is 2.67 bits per heavy atom. The minimum Gasteiger partial charge on any atom is -0.462 e. The van der Waals surface area contributed by atoms with Crippen LogP contribution in [0.4, 0.5) is 15.9 Å². The molecule has 2 aromatic heterocycles. The molecule has 4 aromatic rings. The predicted molar refractivity (Wildman–Crippen MR) is 131 cm³/mol. The second-order valence-electron chi connectivity index (χ2n) is 8.49. The number of anilines is 2. The number of ether oxygens (including phenoxy) is 1. The molecular weight excluding hydrogens is 465 g/mol. The summed E-state index contributed by atoms with van der Waals surface area (Å²) in [6.07, 6.45) is 2.93. The number of rotatable bonds is 6. The first kappa shape index (κ1) is 23.4. The van der Waals surface area contributed by atoms with E-state index in [9.17, 15) is 14.0 Å². The van der Waals surface area contributed by atoms with Crippen LogP contribution in [-0.4, -0.2) is 46.7 Å². The van der Waals surface area contributed by atoms with Crippen molar-refractivity contribution in [1.82, 2.24) is 15.1 Å². The average Bonchev–Trinajstić information content (AvgIpc) is 3.34. The SMILES string of the molecule is CCOC(=O)c1ccc(NC(=O)[C@H]2CCCN(c3ncnc4onc(-c5ccc(F)cc5)c34)C2)cc1. The van der Waals surface area contributed by atoms with Crippen LogP contribution in [0.1, 0.15) is 30.1 Å². The molecule has 0 radical (unpaired) electrons. The molecule has 1 amide bonds. The Labute approximate surface area is 206 Å². The molecule has 0 bridgehead atoms. The first-order valence-electron chi connectivity index (χ1n) is 11.7. The van der Waals surface area contributed by atoms with E-state index in [0.717, 1.165) is 12.8 Å². The van der Waals surface area contributed by atoms with Crippen molar-refractivity contribution in [2.75, 3.05) is 29.9 Å². The lowest BCUT2D eigenvalue weighted by Gasteiger charge is -2.33. The maximum absolute atomic E-state index is 13.4. The van der Waals surface area contributed by atoms with Gasteiger partial charge >= 0.3 is 5.97 Å². The molecule has 0 spiro atoms. The predicted octanol–water partition coefficient (Wildman–Crippen LogP) is 4.46. The zero-order valence-corrected chi connectivity index (χ0v) is 19.6. The number of halogens is 1. The van der Waals surface area contributed by atoms with Crippen LogP contribution in [0.3, 0.4) is 0 Å². The van der Waals surface area contributed by atoms with E-state index in [1.165, 1.54) is 18.5 Å². The summed E-state index contributed by atoms with van der Waals surface area (Å²) in [4.78, 5) is 35.6. The Morgan fingerprint density at radius 2 is 1.92 bits per heavy atom. The molecule has 1 atom stereocenters. The van der Waals surface area contributed by atoms with E-state index in [1.807, 2.05) is 4.90 Å². The third-order valence-electron chi connectivity index (χ3n) is 6.13. The average molecular weight is 490 g/mol. The van der Waals surface area contributed by atoms with Gasteiger partial charge < -0.3 is 19.5 Å². The normalized spacial score (nSPS) is 15.6. The Balaban J connectivity index is 1.34.